The third kappa shape index (κ3) is 5.45. The number of nitrogens with one attached hydrogen (secondary N) is 1. The Labute approximate surface area is 106 Å². The summed E-state index contributed by atoms with van der Waals surface area (Å²) in [5.41, 5.74) is 6.08. The molecule has 2 amide bonds. The topological polar surface area (TPSA) is 81.4 Å². The van der Waals surface area contributed by atoms with Gasteiger partial charge in [-0.2, -0.15) is 0 Å². The van der Waals surface area contributed by atoms with E-state index in [0.717, 1.165) is 5.56 Å². The smallest absolute Gasteiger partial charge is 0.222 e. The molecule has 1 atom stereocenters. The van der Waals surface area contributed by atoms with Gasteiger partial charge in [-0.25, -0.2) is 0 Å². The first kappa shape index (κ1) is 14.2. The van der Waals surface area contributed by atoms with Crippen LogP contribution in [0.5, 0.6) is 0 Å². The maximum atomic E-state index is 11.6. The lowest BCUT2D eigenvalue weighted by Gasteiger charge is -2.13. The van der Waals surface area contributed by atoms with Crippen molar-refractivity contribution in [1.29, 1.82) is 0 Å². The molecule has 1 unspecified atom stereocenters. The molecule has 0 spiro atoms. The summed E-state index contributed by atoms with van der Waals surface area (Å²) < 4.78 is 5.02. The minimum absolute atomic E-state index is 0.0509. The van der Waals surface area contributed by atoms with Gasteiger partial charge in [-0.3, -0.25) is 9.59 Å². The van der Waals surface area contributed by atoms with Crippen molar-refractivity contribution in [3.05, 3.63) is 35.9 Å². The van der Waals surface area contributed by atoms with Crippen LogP contribution in [0.4, 0.5) is 0 Å². The molecular formula is C13H18N2O3. The summed E-state index contributed by atoms with van der Waals surface area (Å²) in [4.78, 5) is 22.4. The predicted molar refractivity (Wildman–Crippen MR) is 67.5 cm³/mol. The number of primary amides is 1. The molecule has 5 nitrogen and oxygen atoms in total. The molecule has 0 radical (unpaired) electrons. The van der Waals surface area contributed by atoms with Crippen LogP contribution in [0, 0.1) is 0 Å². The van der Waals surface area contributed by atoms with Gasteiger partial charge in [-0.05, 0) is 5.56 Å². The highest BCUT2D eigenvalue weighted by Crippen LogP contribution is 2.03. The standard InChI is InChI=1S/C13H18N2O3/c1-18-11(7-12(14)16)8-13(17)15-9-10-5-3-2-4-6-10/h2-6,11H,7-9H2,1H3,(H2,14,16)(H,15,17). The number of hydrogen-bond acceptors (Lipinski definition) is 3. The molecule has 0 aromatic heterocycles. The summed E-state index contributed by atoms with van der Waals surface area (Å²) in [7, 11) is 1.46. The molecule has 1 aromatic rings. The second-order valence-corrected chi connectivity index (χ2v) is 3.99. The van der Waals surface area contributed by atoms with Crippen LogP contribution in [-0.2, 0) is 20.9 Å². The minimum Gasteiger partial charge on any atom is -0.380 e. The van der Waals surface area contributed by atoms with E-state index >= 15 is 0 Å². The van der Waals surface area contributed by atoms with Crippen molar-refractivity contribution in [1.82, 2.24) is 5.32 Å². The molecule has 18 heavy (non-hydrogen) atoms. The van der Waals surface area contributed by atoms with Gasteiger partial charge >= 0.3 is 0 Å². The molecule has 0 saturated carbocycles. The molecule has 98 valence electrons. The van der Waals surface area contributed by atoms with Gasteiger partial charge in [-0.1, -0.05) is 30.3 Å². The second kappa shape index (κ2) is 7.45. The maximum absolute atomic E-state index is 11.6. The molecule has 0 aliphatic carbocycles. The number of ether oxygens (including phenoxy) is 1. The number of benzene rings is 1. The van der Waals surface area contributed by atoms with Crippen molar-refractivity contribution >= 4 is 11.8 Å². The van der Waals surface area contributed by atoms with Crippen molar-refractivity contribution in [2.24, 2.45) is 5.73 Å². The van der Waals surface area contributed by atoms with Gasteiger partial charge in [0, 0.05) is 13.7 Å². The average molecular weight is 250 g/mol. The first-order valence-corrected chi connectivity index (χ1v) is 5.73. The number of nitrogens with two attached hydrogens (primary N) is 1. The Morgan fingerprint density at radius 1 is 1.28 bits per heavy atom. The SMILES string of the molecule is COC(CC(N)=O)CC(=O)NCc1ccccc1. The highest BCUT2D eigenvalue weighted by atomic mass is 16.5. The highest BCUT2D eigenvalue weighted by molar-refractivity contribution is 5.79. The Bertz CT molecular complexity index is 392. The molecule has 0 heterocycles. The predicted octanol–water partition coefficient (Wildman–Crippen LogP) is 0.583. The average Bonchev–Trinajstić information content (AvgIpc) is 2.36. The number of methoxy groups -OCH3 is 1. The molecule has 0 aliphatic rings. The Morgan fingerprint density at radius 2 is 1.94 bits per heavy atom. The Kier molecular flexibility index (Phi) is 5.87. The fraction of sp³-hybridized carbons (Fsp3) is 0.385. The van der Waals surface area contributed by atoms with E-state index in [0.29, 0.717) is 6.54 Å². The summed E-state index contributed by atoms with van der Waals surface area (Å²) in [6, 6.07) is 9.59. The van der Waals surface area contributed by atoms with E-state index in [1.807, 2.05) is 30.3 Å². The van der Waals surface area contributed by atoms with Crippen LogP contribution in [-0.4, -0.2) is 25.0 Å². The first-order chi connectivity index (χ1) is 8.61. The Morgan fingerprint density at radius 3 is 2.50 bits per heavy atom. The van der Waals surface area contributed by atoms with E-state index in [1.165, 1.54) is 7.11 Å². The number of carbonyl (C=O) groups is 2. The highest BCUT2D eigenvalue weighted by Gasteiger charge is 2.15. The molecule has 1 aromatic carbocycles. The lowest BCUT2D eigenvalue weighted by Crippen LogP contribution is -2.30. The van der Waals surface area contributed by atoms with Gasteiger partial charge < -0.3 is 15.8 Å². The van der Waals surface area contributed by atoms with Gasteiger partial charge in [0.15, 0.2) is 0 Å². The van der Waals surface area contributed by atoms with Crippen molar-refractivity contribution in [3.63, 3.8) is 0 Å². The van der Waals surface area contributed by atoms with E-state index in [2.05, 4.69) is 5.32 Å². The van der Waals surface area contributed by atoms with Crippen molar-refractivity contribution in [2.45, 2.75) is 25.5 Å². The number of carbonyl (C=O) groups excluding carboxylic acids is 2. The van der Waals surface area contributed by atoms with E-state index in [4.69, 9.17) is 10.5 Å². The quantitative estimate of drug-likeness (QED) is 0.743. The fourth-order valence-electron chi connectivity index (χ4n) is 1.54. The van der Waals surface area contributed by atoms with Gasteiger partial charge in [0.25, 0.3) is 0 Å². The molecule has 1 rings (SSSR count). The van der Waals surface area contributed by atoms with Crippen LogP contribution < -0.4 is 11.1 Å². The zero-order chi connectivity index (χ0) is 13.4. The second-order valence-electron chi connectivity index (χ2n) is 3.99. The first-order valence-electron chi connectivity index (χ1n) is 5.73. The summed E-state index contributed by atoms with van der Waals surface area (Å²) >= 11 is 0. The van der Waals surface area contributed by atoms with Crippen molar-refractivity contribution in [3.8, 4) is 0 Å². The number of hydrogen-bond donors (Lipinski definition) is 2. The van der Waals surface area contributed by atoms with Gasteiger partial charge in [0.1, 0.15) is 0 Å². The molecular weight excluding hydrogens is 232 g/mol. The fourth-order valence-corrected chi connectivity index (χ4v) is 1.54. The Balaban J connectivity index is 2.34. The van der Waals surface area contributed by atoms with Crippen LogP contribution >= 0.6 is 0 Å². The number of rotatable bonds is 7. The third-order valence-electron chi connectivity index (χ3n) is 2.51. The zero-order valence-electron chi connectivity index (χ0n) is 10.4. The maximum Gasteiger partial charge on any atom is 0.222 e. The monoisotopic (exact) mass is 250 g/mol. The molecule has 0 bridgehead atoms. The van der Waals surface area contributed by atoms with E-state index in [-0.39, 0.29) is 18.7 Å². The van der Waals surface area contributed by atoms with Gasteiger partial charge in [0.2, 0.25) is 11.8 Å². The summed E-state index contributed by atoms with van der Waals surface area (Å²) in [5.74, 6) is -0.635. The van der Waals surface area contributed by atoms with Crippen LogP contribution in [0.1, 0.15) is 18.4 Å². The van der Waals surface area contributed by atoms with Crippen LogP contribution in [0.2, 0.25) is 0 Å². The van der Waals surface area contributed by atoms with E-state index in [9.17, 15) is 9.59 Å². The van der Waals surface area contributed by atoms with Crippen molar-refractivity contribution in [2.75, 3.05) is 7.11 Å². The lowest BCUT2D eigenvalue weighted by atomic mass is 10.1. The van der Waals surface area contributed by atoms with Crippen molar-refractivity contribution < 1.29 is 14.3 Å². The largest absolute Gasteiger partial charge is 0.380 e. The molecule has 0 fully saturated rings. The van der Waals surface area contributed by atoms with Gasteiger partial charge in [0.05, 0.1) is 18.9 Å². The zero-order valence-corrected chi connectivity index (χ0v) is 10.4. The minimum atomic E-state index is -0.474. The Hall–Kier alpha value is -1.88. The molecule has 5 heteroatoms. The number of amides is 2. The normalized spacial score (nSPS) is 11.8. The molecule has 0 saturated heterocycles. The lowest BCUT2D eigenvalue weighted by molar-refractivity contribution is -0.125. The molecule has 0 aliphatic heterocycles. The summed E-state index contributed by atoms with van der Waals surface area (Å²) in [6.07, 6.45) is -0.278. The summed E-state index contributed by atoms with van der Waals surface area (Å²) in [5, 5.41) is 2.77. The molecule has 3 N–H and O–H groups in total. The third-order valence-corrected chi connectivity index (χ3v) is 2.51. The van der Waals surface area contributed by atoms with Crippen LogP contribution in [0.15, 0.2) is 30.3 Å². The van der Waals surface area contributed by atoms with E-state index in [1.54, 1.807) is 0 Å². The summed E-state index contributed by atoms with van der Waals surface area (Å²) in [6.45, 7) is 0.465. The van der Waals surface area contributed by atoms with E-state index < -0.39 is 12.0 Å². The van der Waals surface area contributed by atoms with Gasteiger partial charge in [-0.15, -0.1) is 0 Å². The van der Waals surface area contributed by atoms with Crippen LogP contribution in [0.25, 0.3) is 0 Å². The van der Waals surface area contributed by atoms with Crippen LogP contribution in [0.3, 0.4) is 0 Å².